The van der Waals surface area contributed by atoms with Crippen LogP contribution >= 0.6 is 0 Å². The van der Waals surface area contributed by atoms with Gasteiger partial charge in [-0.1, -0.05) is 12.1 Å². The summed E-state index contributed by atoms with van der Waals surface area (Å²) in [7, 11) is 0. The quantitative estimate of drug-likeness (QED) is 0.663. The molecule has 2 unspecified atom stereocenters. The van der Waals surface area contributed by atoms with E-state index in [4.69, 9.17) is 4.74 Å². The van der Waals surface area contributed by atoms with Gasteiger partial charge < -0.3 is 10.1 Å². The summed E-state index contributed by atoms with van der Waals surface area (Å²) in [5, 5.41) is 2.99. The van der Waals surface area contributed by atoms with E-state index in [-0.39, 0.29) is 23.8 Å². The fourth-order valence-corrected chi connectivity index (χ4v) is 3.10. The van der Waals surface area contributed by atoms with Gasteiger partial charge >= 0.3 is 0 Å². The molecule has 0 spiro atoms. The average molecular weight is 336 g/mol. The largest absolute Gasteiger partial charge is 0.379 e. The van der Waals surface area contributed by atoms with Gasteiger partial charge in [-0.25, -0.2) is 15.2 Å². The Kier molecular flexibility index (Phi) is 6.14. The molecule has 6 nitrogen and oxygen atoms in total. The number of benzene rings is 1. The standard InChI is InChI=1S/C17H25FN4O2/c18-14-4-2-13(3-5-14)15-12-16(21-20-15)17(23)19-6-1-7-22-8-10-24-11-9-22/h2-5,15-16,20-21H,1,6-12H2,(H,19,23). The number of hydrazine groups is 1. The molecule has 2 aliphatic heterocycles. The first-order valence-corrected chi connectivity index (χ1v) is 8.57. The minimum atomic E-state index is -0.261. The zero-order chi connectivity index (χ0) is 16.8. The molecule has 0 radical (unpaired) electrons. The average Bonchev–Trinajstić information content (AvgIpc) is 3.10. The van der Waals surface area contributed by atoms with Crippen molar-refractivity contribution in [2.75, 3.05) is 39.4 Å². The number of morpholine rings is 1. The van der Waals surface area contributed by atoms with E-state index in [1.807, 2.05) is 0 Å². The van der Waals surface area contributed by atoms with Crippen LogP contribution in [-0.4, -0.2) is 56.2 Å². The summed E-state index contributed by atoms with van der Waals surface area (Å²) in [5.74, 6) is -0.242. The highest BCUT2D eigenvalue weighted by Crippen LogP contribution is 2.22. The molecule has 2 heterocycles. The van der Waals surface area contributed by atoms with Crippen molar-refractivity contribution in [3.8, 4) is 0 Å². The van der Waals surface area contributed by atoms with E-state index in [0.29, 0.717) is 13.0 Å². The van der Waals surface area contributed by atoms with Crippen LogP contribution < -0.4 is 16.2 Å². The van der Waals surface area contributed by atoms with Crippen molar-refractivity contribution >= 4 is 5.91 Å². The lowest BCUT2D eigenvalue weighted by molar-refractivity contribution is -0.122. The van der Waals surface area contributed by atoms with E-state index < -0.39 is 0 Å². The fourth-order valence-electron chi connectivity index (χ4n) is 3.10. The van der Waals surface area contributed by atoms with Crippen LogP contribution in [0.5, 0.6) is 0 Å². The van der Waals surface area contributed by atoms with Crippen LogP contribution in [-0.2, 0) is 9.53 Å². The van der Waals surface area contributed by atoms with Crippen LogP contribution in [0.1, 0.15) is 24.4 Å². The van der Waals surface area contributed by atoms with Gasteiger partial charge in [-0.2, -0.15) is 0 Å². The van der Waals surface area contributed by atoms with Crippen LogP contribution in [0, 0.1) is 5.82 Å². The second-order valence-corrected chi connectivity index (χ2v) is 6.28. The van der Waals surface area contributed by atoms with E-state index in [2.05, 4.69) is 21.1 Å². The van der Waals surface area contributed by atoms with E-state index in [1.165, 1.54) is 12.1 Å². The molecule has 0 saturated carbocycles. The van der Waals surface area contributed by atoms with E-state index in [0.717, 1.165) is 44.8 Å². The first kappa shape index (κ1) is 17.3. The van der Waals surface area contributed by atoms with Gasteiger partial charge in [0.05, 0.1) is 13.2 Å². The second-order valence-electron chi connectivity index (χ2n) is 6.28. The number of hydrogen-bond donors (Lipinski definition) is 3. The number of ether oxygens (including phenoxy) is 1. The maximum atomic E-state index is 13.0. The zero-order valence-electron chi connectivity index (χ0n) is 13.8. The lowest BCUT2D eigenvalue weighted by atomic mass is 10.0. The Bertz CT molecular complexity index is 534. The Balaban J connectivity index is 1.36. The Labute approximate surface area is 141 Å². The molecule has 1 aromatic carbocycles. The minimum absolute atomic E-state index is 0.00842. The Morgan fingerprint density at radius 1 is 1.25 bits per heavy atom. The van der Waals surface area contributed by atoms with Gasteiger partial charge in [-0.05, 0) is 37.1 Å². The van der Waals surface area contributed by atoms with Gasteiger partial charge in [-0.15, -0.1) is 0 Å². The molecule has 2 aliphatic rings. The van der Waals surface area contributed by atoms with Crippen LogP contribution in [0.4, 0.5) is 4.39 Å². The highest BCUT2D eigenvalue weighted by atomic mass is 19.1. The molecule has 3 N–H and O–H groups in total. The van der Waals surface area contributed by atoms with Crippen LogP contribution in [0.2, 0.25) is 0 Å². The SMILES string of the molecule is O=C(NCCCN1CCOCC1)C1CC(c2ccc(F)cc2)NN1. The van der Waals surface area contributed by atoms with Crippen molar-refractivity contribution in [3.63, 3.8) is 0 Å². The molecule has 0 bridgehead atoms. The summed E-state index contributed by atoms with van der Waals surface area (Å²) >= 11 is 0. The highest BCUT2D eigenvalue weighted by Gasteiger charge is 2.29. The molecule has 7 heteroatoms. The Morgan fingerprint density at radius 2 is 2.00 bits per heavy atom. The minimum Gasteiger partial charge on any atom is -0.379 e. The molecule has 0 aromatic heterocycles. The number of carbonyl (C=O) groups is 1. The monoisotopic (exact) mass is 336 g/mol. The third-order valence-corrected chi connectivity index (χ3v) is 4.55. The zero-order valence-corrected chi connectivity index (χ0v) is 13.8. The number of hydrogen-bond acceptors (Lipinski definition) is 5. The topological polar surface area (TPSA) is 65.6 Å². The van der Waals surface area contributed by atoms with Crippen molar-refractivity contribution < 1.29 is 13.9 Å². The van der Waals surface area contributed by atoms with Gasteiger partial charge in [0.2, 0.25) is 5.91 Å². The molecule has 0 aliphatic carbocycles. The van der Waals surface area contributed by atoms with Gasteiger partial charge in [0, 0.05) is 25.7 Å². The van der Waals surface area contributed by atoms with Gasteiger partial charge in [0.15, 0.2) is 0 Å². The summed E-state index contributed by atoms with van der Waals surface area (Å²) in [5.41, 5.74) is 7.12. The molecule has 2 fully saturated rings. The predicted molar refractivity (Wildman–Crippen MR) is 88.7 cm³/mol. The molecule has 2 saturated heterocycles. The number of amides is 1. The molecule has 132 valence electrons. The summed E-state index contributed by atoms with van der Waals surface area (Å²) in [6.07, 6.45) is 1.59. The van der Waals surface area contributed by atoms with Crippen molar-refractivity contribution in [2.24, 2.45) is 0 Å². The maximum absolute atomic E-state index is 13.0. The Morgan fingerprint density at radius 3 is 2.75 bits per heavy atom. The van der Waals surface area contributed by atoms with Crippen molar-refractivity contribution in [3.05, 3.63) is 35.6 Å². The molecule has 3 rings (SSSR count). The van der Waals surface area contributed by atoms with Crippen molar-refractivity contribution in [1.29, 1.82) is 0 Å². The van der Waals surface area contributed by atoms with Gasteiger partial charge in [0.25, 0.3) is 0 Å². The summed E-state index contributed by atoms with van der Waals surface area (Å²) in [6, 6.07) is 6.14. The lowest BCUT2D eigenvalue weighted by Gasteiger charge is -2.26. The Hall–Kier alpha value is -1.54. The smallest absolute Gasteiger partial charge is 0.238 e. The number of nitrogens with one attached hydrogen (secondary N) is 3. The van der Waals surface area contributed by atoms with Crippen LogP contribution in [0.3, 0.4) is 0 Å². The molecular weight excluding hydrogens is 311 g/mol. The maximum Gasteiger partial charge on any atom is 0.238 e. The van der Waals surface area contributed by atoms with E-state index >= 15 is 0 Å². The van der Waals surface area contributed by atoms with E-state index in [1.54, 1.807) is 12.1 Å². The van der Waals surface area contributed by atoms with Crippen LogP contribution in [0.15, 0.2) is 24.3 Å². The van der Waals surface area contributed by atoms with Gasteiger partial charge in [0.1, 0.15) is 11.9 Å². The predicted octanol–water partition coefficient (Wildman–Crippen LogP) is 0.572. The lowest BCUT2D eigenvalue weighted by Crippen LogP contribution is -2.44. The van der Waals surface area contributed by atoms with Gasteiger partial charge in [-0.3, -0.25) is 9.69 Å². The summed E-state index contributed by atoms with van der Waals surface area (Å²) in [6.45, 7) is 5.21. The molecule has 1 amide bonds. The third-order valence-electron chi connectivity index (χ3n) is 4.55. The first-order valence-electron chi connectivity index (χ1n) is 8.57. The summed E-state index contributed by atoms with van der Waals surface area (Å²) in [4.78, 5) is 14.6. The summed E-state index contributed by atoms with van der Waals surface area (Å²) < 4.78 is 18.3. The first-order chi connectivity index (χ1) is 11.7. The van der Waals surface area contributed by atoms with Crippen molar-refractivity contribution in [2.45, 2.75) is 24.9 Å². The number of carbonyl (C=O) groups excluding carboxylic acids is 1. The molecule has 24 heavy (non-hydrogen) atoms. The number of rotatable bonds is 6. The second kappa shape index (κ2) is 8.53. The normalized spacial score (nSPS) is 24.9. The van der Waals surface area contributed by atoms with Crippen molar-refractivity contribution in [1.82, 2.24) is 21.1 Å². The molecule has 2 atom stereocenters. The fraction of sp³-hybridized carbons (Fsp3) is 0.588. The van der Waals surface area contributed by atoms with E-state index in [9.17, 15) is 9.18 Å². The molecule has 1 aromatic rings. The number of nitrogens with zero attached hydrogens (tertiary/aromatic N) is 1. The molecular formula is C17H25FN4O2. The highest BCUT2D eigenvalue weighted by molar-refractivity contribution is 5.82. The number of halogens is 1. The van der Waals surface area contributed by atoms with Crippen LogP contribution in [0.25, 0.3) is 0 Å². The third kappa shape index (κ3) is 4.73.